The van der Waals surface area contributed by atoms with Gasteiger partial charge in [-0.3, -0.25) is 9.69 Å². The molecule has 172 valence electrons. The van der Waals surface area contributed by atoms with E-state index in [4.69, 9.17) is 4.98 Å². The standard InChI is InChI=1S/C25H34N4OS2/c1-6-17(5)26-11-9-22(30)28-25-23(18-10-12-29(15(2)3)14-21(18)32-25)24-27-19-13-16(4)7-8-20(19)31-24/h7-8,13,15,17,26H,6,9-12,14H2,1-5H3,(H,28,30)/t17-/m1/s1. The summed E-state index contributed by atoms with van der Waals surface area (Å²) in [6, 6.07) is 7.39. The van der Waals surface area contributed by atoms with Crippen molar-refractivity contribution in [3.05, 3.63) is 34.2 Å². The Morgan fingerprint density at radius 1 is 1.25 bits per heavy atom. The number of anilines is 1. The van der Waals surface area contributed by atoms with E-state index in [1.807, 2.05) is 0 Å². The molecule has 1 amide bonds. The molecule has 7 heteroatoms. The van der Waals surface area contributed by atoms with Crippen LogP contribution in [-0.4, -0.2) is 41.0 Å². The molecule has 0 unspecified atom stereocenters. The Kier molecular flexibility index (Phi) is 7.30. The van der Waals surface area contributed by atoms with Crippen LogP contribution in [0.25, 0.3) is 20.8 Å². The fourth-order valence-electron chi connectivity index (χ4n) is 4.09. The maximum absolute atomic E-state index is 12.8. The third-order valence-corrected chi connectivity index (χ3v) is 8.47. The summed E-state index contributed by atoms with van der Waals surface area (Å²) in [5.74, 6) is 0.0679. The number of aryl methyl sites for hydroxylation is 1. The summed E-state index contributed by atoms with van der Waals surface area (Å²) < 4.78 is 1.19. The number of thiophene rings is 1. The predicted octanol–water partition coefficient (Wildman–Crippen LogP) is 5.82. The van der Waals surface area contributed by atoms with Crippen LogP contribution in [0.1, 0.15) is 56.5 Å². The Morgan fingerprint density at radius 3 is 2.81 bits per heavy atom. The highest BCUT2D eigenvalue weighted by atomic mass is 32.1. The SMILES string of the molecule is CC[C@@H](C)NCCC(=O)Nc1sc2c(c1-c1nc3cc(C)ccc3s1)CCN(C(C)C)C2. The molecule has 3 aromatic rings. The van der Waals surface area contributed by atoms with Crippen LogP contribution in [0.4, 0.5) is 5.00 Å². The minimum atomic E-state index is 0.0679. The highest BCUT2D eigenvalue weighted by molar-refractivity contribution is 7.22. The van der Waals surface area contributed by atoms with Crippen LogP contribution in [0.2, 0.25) is 0 Å². The third-order valence-electron chi connectivity index (χ3n) is 6.28. The van der Waals surface area contributed by atoms with E-state index in [0.29, 0.717) is 25.0 Å². The summed E-state index contributed by atoms with van der Waals surface area (Å²) in [5, 5.41) is 8.64. The van der Waals surface area contributed by atoms with Gasteiger partial charge in [-0.15, -0.1) is 22.7 Å². The molecule has 2 N–H and O–H groups in total. The topological polar surface area (TPSA) is 57.3 Å². The van der Waals surface area contributed by atoms with E-state index >= 15 is 0 Å². The number of hydrogen-bond acceptors (Lipinski definition) is 6. The van der Waals surface area contributed by atoms with Gasteiger partial charge in [0.2, 0.25) is 5.91 Å². The normalized spacial score (nSPS) is 15.3. The average molecular weight is 471 g/mol. The van der Waals surface area contributed by atoms with Gasteiger partial charge in [0, 0.05) is 48.6 Å². The Morgan fingerprint density at radius 2 is 2.06 bits per heavy atom. The van der Waals surface area contributed by atoms with Crippen molar-refractivity contribution in [2.45, 2.75) is 72.5 Å². The number of carbonyl (C=O) groups excluding carboxylic acids is 1. The van der Waals surface area contributed by atoms with Crippen molar-refractivity contribution in [3.63, 3.8) is 0 Å². The molecule has 1 aromatic carbocycles. The van der Waals surface area contributed by atoms with Crippen LogP contribution in [0.5, 0.6) is 0 Å². The number of nitrogens with one attached hydrogen (secondary N) is 2. The lowest BCUT2D eigenvalue weighted by atomic mass is 10.0. The molecule has 1 aliphatic rings. The molecule has 0 aliphatic carbocycles. The first-order chi connectivity index (χ1) is 15.4. The third kappa shape index (κ3) is 5.06. The minimum absolute atomic E-state index is 0.0679. The molecule has 3 heterocycles. The Bertz CT molecular complexity index is 1100. The Hall–Kier alpha value is -1.80. The molecular formula is C25H34N4OS2. The van der Waals surface area contributed by atoms with E-state index in [2.05, 4.69) is 68.4 Å². The van der Waals surface area contributed by atoms with Crippen LogP contribution in [0.3, 0.4) is 0 Å². The van der Waals surface area contributed by atoms with Gasteiger partial charge in [-0.05, 0) is 63.8 Å². The van der Waals surface area contributed by atoms with E-state index in [1.165, 1.54) is 20.7 Å². The van der Waals surface area contributed by atoms with Crippen molar-refractivity contribution in [2.24, 2.45) is 0 Å². The van der Waals surface area contributed by atoms with Gasteiger partial charge in [0.15, 0.2) is 0 Å². The molecule has 1 atom stereocenters. The highest BCUT2D eigenvalue weighted by Gasteiger charge is 2.28. The summed E-state index contributed by atoms with van der Waals surface area (Å²) in [5.41, 5.74) is 4.78. The molecule has 5 nitrogen and oxygen atoms in total. The van der Waals surface area contributed by atoms with Crippen LogP contribution in [0, 0.1) is 6.92 Å². The van der Waals surface area contributed by atoms with E-state index in [9.17, 15) is 4.79 Å². The summed E-state index contributed by atoms with van der Waals surface area (Å²) >= 11 is 3.46. The number of aromatic nitrogens is 1. The summed E-state index contributed by atoms with van der Waals surface area (Å²) in [6.07, 6.45) is 2.54. The largest absolute Gasteiger partial charge is 0.317 e. The molecule has 0 saturated carbocycles. The summed E-state index contributed by atoms with van der Waals surface area (Å²) in [4.78, 5) is 21.7. The van der Waals surface area contributed by atoms with Crippen LogP contribution >= 0.6 is 22.7 Å². The second-order valence-corrected chi connectivity index (χ2v) is 11.2. The Labute approximate surface area is 199 Å². The first-order valence-electron chi connectivity index (χ1n) is 11.6. The van der Waals surface area contributed by atoms with Crippen molar-refractivity contribution in [1.29, 1.82) is 0 Å². The minimum Gasteiger partial charge on any atom is -0.317 e. The number of rotatable bonds is 8. The van der Waals surface area contributed by atoms with Crippen LogP contribution < -0.4 is 10.6 Å². The predicted molar refractivity (Wildman–Crippen MR) is 138 cm³/mol. The van der Waals surface area contributed by atoms with Crippen LogP contribution in [-0.2, 0) is 17.8 Å². The Balaban J connectivity index is 1.65. The molecular weight excluding hydrogens is 436 g/mol. The highest BCUT2D eigenvalue weighted by Crippen LogP contribution is 2.46. The molecule has 0 bridgehead atoms. The second-order valence-electron chi connectivity index (χ2n) is 9.07. The number of fused-ring (bicyclic) bond motifs is 2. The molecule has 0 radical (unpaired) electrons. The number of hydrogen-bond donors (Lipinski definition) is 2. The average Bonchev–Trinajstić information content (AvgIpc) is 3.32. The fraction of sp³-hybridized carbons (Fsp3) is 0.520. The molecule has 0 fully saturated rings. The number of amides is 1. The molecule has 0 saturated heterocycles. The van der Waals surface area contributed by atoms with Gasteiger partial charge < -0.3 is 10.6 Å². The quantitative estimate of drug-likeness (QED) is 0.436. The van der Waals surface area contributed by atoms with Crippen molar-refractivity contribution >= 4 is 43.8 Å². The number of nitrogens with zero attached hydrogens (tertiary/aromatic N) is 2. The second kappa shape index (κ2) is 10.00. The van der Waals surface area contributed by atoms with E-state index in [-0.39, 0.29) is 5.91 Å². The lowest BCUT2D eigenvalue weighted by Crippen LogP contribution is -2.35. The van der Waals surface area contributed by atoms with Crippen LogP contribution in [0.15, 0.2) is 18.2 Å². The van der Waals surface area contributed by atoms with E-state index < -0.39 is 0 Å². The lowest BCUT2D eigenvalue weighted by Gasteiger charge is -2.30. The first-order valence-corrected chi connectivity index (χ1v) is 13.3. The zero-order valence-electron chi connectivity index (χ0n) is 19.7. The molecule has 4 rings (SSSR count). The smallest absolute Gasteiger partial charge is 0.226 e. The van der Waals surface area contributed by atoms with Crippen molar-refractivity contribution in [1.82, 2.24) is 15.2 Å². The monoisotopic (exact) mass is 470 g/mol. The van der Waals surface area contributed by atoms with Crippen molar-refractivity contribution < 1.29 is 4.79 Å². The van der Waals surface area contributed by atoms with Gasteiger partial charge >= 0.3 is 0 Å². The number of carbonyl (C=O) groups is 1. The van der Waals surface area contributed by atoms with Gasteiger partial charge in [-0.1, -0.05) is 13.0 Å². The van der Waals surface area contributed by atoms with Gasteiger partial charge in [-0.25, -0.2) is 4.98 Å². The zero-order chi connectivity index (χ0) is 22.8. The fourth-order valence-corrected chi connectivity index (χ4v) is 6.47. The molecule has 32 heavy (non-hydrogen) atoms. The zero-order valence-corrected chi connectivity index (χ0v) is 21.4. The van der Waals surface area contributed by atoms with Gasteiger partial charge in [-0.2, -0.15) is 0 Å². The van der Waals surface area contributed by atoms with Crippen molar-refractivity contribution in [2.75, 3.05) is 18.4 Å². The van der Waals surface area contributed by atoms with E-state index in [0.717, 1.165) is 47.0 Å². The molecule has 0 spiro atoms. The van der Waals surface area contributed by atoms with Crippen molar-refractivity contribution in [3.8, 4) is 10.6 Å². The molecule has 2 aromatic heterocycles. The van der Waals surface area contributed by atoms with Gasteiger partial charge in [0.25, 0.3) is 0 Å². The van der Waals surface area contributed by atoms with Gasteiger partial charge in [0.05, 0.1) is 10.2 Å². The maximum Gasteiger partial charge on any atom is 0.226 e. The van der Waals surface area contributed by atoms with E-state index in [1.54, 1.807) is 22.7 Å². The summed E-state index contributed by atoms with van der Waals surface area (Å²) in [6.45, 7) is 13.6. The summed E-state index contributed by atoms with van der Waals surface area (Å²) in [7, 11) is 0. The number of thiazole rings is 1. The van der Waals surface area contributed by atoms with Gasteiger partial charge in [0.1, 0.15) is 10.0 Å². The molecule has 1 aliphatic heterocycles. The lowest BCUT2D eigenvalue weighted by molar-refractivity contribution is -0.116. The first kappa shape index (κ1) is 23.4. The maximum atomic E-state index is 12.8. The number of benzene rings is 1.